The van der Waals surface area contributed by atoms with E-state index in [4.69, 9.17) is 11.2 Å². The SMILES string of the molecule is C#CCCNc1nccc2c(OC)cccc12. The molecule has 0 bridgehead atoms. The maximum Gasteiger partial charge on any atom is 0.133 e. The molecule has 0 fully saturated rings. The predicted molar refractivity (Wildman–Crippen MR) is 70.2 cm³/mol. The first-order chi connectivity index (χ1) is 8.36. The Morgan fingerprint density at radius 2 is 2.24 bits per heavy atom. The van der Waals surface area contributed by atoms with Crippen LogP contribution in [0.2, 0.25) is 0 Å². The van der Waals surface area contributed by atoms with E-state index in [2.05, 4.69) is 16.2 Å². The van der Waals surface area contributed by atoms with E-state index in [-0.39, 0.29) is 0 Å². The molecule has 1 heterocycles. The van der Waals surface area contributed by atoms with Gasteiger partial charge >= 0.3 is 0 Å². The third-order valence-electron chi connectivity index (χ3n) is 2.55. The Morgan fingerprint density at radius 1 is 1.35 bits per heavy atom. The Hall–Kier alpha value is -2.21. The van der Waals surface area contributed by atoms with Crippen LogP contribution in [0.1, 0.15) is 6.42 Å². The van der Waals surface area contributed by atoms with Gasteiger partial charge in [0.05, 0.1) is 7.11 Å². The number of benzene rings is 1. The van der Waals surface area contributed by atoms with Crippen molar-refractivity contribution in [3.05, 3.63) is 30.5 Å². The fourth-order valence-corrected chi connectivity index (χ4v) is 1.75. The van der Waals surface area contributed by atoms with Gasteiger partial charge in [-0.25, -0.2) is 4.98 Å². The Balaban J connectivity index is 2.40. The van der Waals surface area contributed by atoms with Crippen LogP contribution in [0, 0.1) is 12.3 Å². The molecule has 0 aliphatic carbocycles. The zero-order valence-electron chi connectivity index (χ0n) is 9.73. The van der Waals surface area contributed by atoms with Crippen molar-refractivity contribution in [1.29, 1.82) is 0 Å². The van der Waals surface area contributed by atoms with Crippen LogP contribution in [0.5, 0.6) is 5.75 Å². The van der Waals surface area contributed by atoms with Crippen molar-refractivity contribution in [2.45, 2.75) is 6.42 Å². The summed E-state index contributed by atoms with van der Waals surface area (Å²) < 4.78 is 5.32. The van der Waals surface area contributed by atoms with Crippen LogP contribution < -0.4 is 10.1 Å². The highest BCUT2D eigenvalue weighted by Gasteiger charge is 2.05. The molecule has 2 aromatic rings. The van der Waals surface area contributed by atoms with Gasteiger partial charge in [-0.3, -0.25) is 0 Å². The molecule has 0 spiro atoms. The smallest absolute Gasteiger partial charge is 0.133 e. The fraction of sp³-hybridized carbons (Fsp3) is 0.214. The number of rotatable bonds is 4. The maximum atomic E-state index is 5.32. The number of methoxy groups -OCH3 is 1. The maximum absolute atomic E-state index is 5.32. The second kappa shape index (κ2) is 5.22. The molecule has 0 unspecified atom stereocenters. The van der Waals surface area contributed by atoms with E-state index in [1.807, 2.05) is 24.3 Å². The molecule has 3 nitrogen and oxygen atoms in total. The highest BCUT2D eigenvalue weighted by molar-refractivity contribution is 5.95. The first kappa shape index (κ1) is 11.3. The summed E-state index contributed by atoms with van der Waals surface area (Å²) in [5.74, 6) is 4.29. The molecule has 1 aromatic heterocycles. The topological polar surface area (TPSA) is 34.2 Å². The van der Waals surface area contributed by atoms with Crippen LogP contribution in [0.15, 0.2) is 30.5 Å². The van der Waals surface area contributed by atoms with Crippen molar-refractivity contribution in [2.75, 3.05) is 19.0 Å². The molecule has 86 valence electrons. The van der Waals surface area contributed by atoms with Gasteiger partial charge in [-0.1, -0.05) is 12.1 Å². The van der Waals surface area contributed by atoms with E-state index >= 15 is 0 Å². The van der Waals surface area contributed by atoms with Crippen molar-refractivity contribution in [3.63, 3.8) is 0 Å². The van der Waals surface area contributed by atoms with Crippen LogP contribution >= 0.6 is 0 Å². The summed E-state index contributed by atoms with van der Waals surface area (Å²) in [6.07, 6.45) is 7.67. The van der Waals surface area contributed by atoms with E-state index in [0.29, 0.717) is 6.42 Å². The Bertz CT molecular complexity index is 558. The lowest BCUT2D eigenvalue weighted by Gasteiger charge is -2.09. The standard InChI is InChI=1S/C14H14N2O/c1-3-4-9-15-14-12-6-5-7-13(17-2)11(12)8-10-16-14/h1,5-8,10H,4,9H2,2H3,(H,15,16). The molecule has 0 aliphatic heterocycles. The minimum atomic E-state index is 0.683. The van der Waals surface area contributed by atoms with Gasteiger partial charge < -0.3 is 10.1 Å². The number of pyridine rings is 1. The molecule has 0 aliphatic rings. The summed E-state index contributed by atoms with van der Waals surface area (Å²) in [5.41, 5.74) is 0. The zero-order chi connectivity index (χ0) is 12.1. The lowest BCUT2D eigenvalue weighted by Crippen LogP contribution is -2.02. The summed E-state index contributed by atoms with van der Waals surface area (Å²) in [6.45, 7) is 0.722. The summed E-state index contributed by atoms with van der Waals surface area (Å²) in [4.78, 5) is 4.32. The van der Waals surface area contributed by atoms with Gasteiger partial charge in [0.15, 0.2) is 0 Å². The van der Waals surface area contributed by atoms with Gasteiger partial charge in [0, 0.05) is 29.9 Å². The largest absolute Gasteiger partial charge is 0.496 e. The normalized spacial score (nSPS) is 9.88. The first-order valence-electron chi connectivity index (χ1n) is 5.46. The van der Waals surface area contributed by atoms with Crippen molar-refractivity contribution in [1.82, 2.24) is 4.98 Å². The van der Waals surface area contributed by atoms with Gasteiger partial charge in [-0.05, 0) is 12.1 Å². The number of nitrogens with zero attached hydrogens (tertiary/aromatic N) is 1. The Kier molecular flexibility index (Phi) is 3.46. The predicted octanol–water partition coefficient (Wildman–Crippen LogP) is 2.68. The van der Waals surface area contributed by atoms with E-state index in [1.165, 1.54) is 0 Å². The Labute approximate surface area is 101 Å². The van der Waals surface area contributed by atoms with E-state index < -0.39 is 0 Å². The number of hydrogen-bond acceptors (Lipinski definition) is 3. The second-order valence-corrected chi connectivity index (χ2v) is 3.60. The van der Waals surface area contributed by atoms with Crippen molar-refractivity contribution >= 4 is 16.6 Å². The van der Waals surface area contributed by atoms with Crippen LogP contribution in [0.4, 0.5) is 5.82 Å². The van der Waals surface area contributed by atoms with Crippen molar-refractivity contribution in [2.24, 2.45) is 0 Å². The molecule has 0 radical (unpaired) electrons. The van der Waals surface area contributed by atoms with E-state index in [0.717, 1.165) is 28.9 Å². The quantitative estimate of drug-likeness (QED) is 0.643. The number of ether oxygens (including phenoxy) is 1. The van der Waals surface area contributed by atoms with Gasteiger partial charge in [0.2, 0.25) is 0 Å². The summed E-state index contributed by atoms with van der Waals surface area (Å²) in [5, 5.41) is 5.33. The van der Waals surface area contributed by atoms with Crippen LogP contribution in [-0.2, 0) is 0 Å². The molecule has 1 aromatic carbocycles. The molecule has 1 N–H and O–H groups in total. The Morgan fingerprint density at radius 3 is 3.00 bits per heavy atom. The highest BCUT2D eigenvalue weighted by atomic mass is 16.5. The molecular formula is C14H14N2O. The lowest BCUT2D eigenvalue weighted by molar-refractivity contribution is 0.420. The van der Waals surface area contributed by atoms with Crippen molar-refractivity contribution < 1.29 is 4.74 Å². The average Bonchev–Trinajstić information content (AvgIpc) is 2.38. The third-order valence-corrected chi connectivity index (χ3v) is 2.55. The second-order valence-electron chi connectivity index (χ2n) is 3.60. The van der Waals surface area contributed by atoms with Gasteiger partial charge in [-0.15, -0.1) is 12.3 Å². The minimum absolute atomic E-state index is 0.683. The molecular weight excluding hydrogens is 212 g/mol. The van der Waals surface area contributed by atoms with Crippen molar-refractivity contribution in [3.8, 4) is 18.1 Å². The lowest BCUT2D eigenvalue weighted by atomic mass is 10.1. The fourth-order valence-electron chi connectivity index (χ4n) is 1.75. The van der Waals surface area contributed by atoms with E-state index in [1.54, 1.807) is 13.3 Å². The third kappa shape index (κ3) is 2.31. The monoisotopic (exact) mass is 226 g/mol. The van der Waals surface area contributed by atoms with Gasteiger partial charge in [0.1, 0.15) is 11.6 Å². The zero-order valence-corrected chi connectivity index (χ0v) is 9.73. The number of anilines is 1. The molecule has 0 saturated heterocycles. The van der Waals surface area contributed by atoms with Crippen LogP contribution in [0.3, 0.4) is 0 Å². The highest BCUT2D eigenvalue weighted by Crippen LogP contribution is 2.28. The average molecular weight is 226 g/mol. The molecule has 0 amide bonds. The van der Waals surface area contributed by atoms with Crippen LogP contribution in [-0.4, -0.2) is 18.6 Å². The van der Waals surface area contributed by atoms with Crippen LogP contribution in [0.25, 0.3) is 10.8 Å². The summed E-state index contributed by atoms with van der Waals surface area (Å²) >= 11 is 0. The number of aromatic nitrogens is 1. The number of fused-ring (bicyclic) bond motifs is 1. The number of hydrogen-bond donors (Lipinski definition) is 1. The molecule has 3 heteroatoms. The first-order valence-corrected chi connectivity index (χ1v) is 5.46. The van der Waals surface area contributed by atoms with Gasteiger partial charge in [0.25, 0.3) is 0 Å². The molecule has 0 saturated carbocycles. The number of nitrogens with one attached hydrogen (secondary N) is 1. The minimum Gasteiger partial charge on any atom is -0.496 e. The summed E-state index contributed by atoms with van der Waals surface area (Å²) in [7, 11) is 1.67. The molecule has 17 heavy (non-hydrogen) atoms. The molecule has 0 atom stereocenters. The van der Waals surface area contributed by atoms with Gasteiger partial charge in [-0.2, -0.15) is 0 Å². The summed E-state index contributed by atoms with van der Waals surface area (Å²) in [6, 6.07) is 7.85. The van der Waals surface area contributed by atoms with E-state index in [9.17, 15) is 0 Å². The molecule has 2 rings (SSSR count). The number of terminal acetylenes is 1.